The minimum absolute atomic E-state index is 0.0552. The molecule has 1 saturated heterocycles. The summed E-state index contributed by atoms with van der Waals surface area (Å²) in [6.45, 7) is 3.83. The second kappa shape index (κ2) is 9.00. The van der Waals surface area contributed by atoms with Crippen LogP contribution in [0, 0.1) is 5.92 Å². The maximum Gasteiger partial charge on any atom is 0.271 e. The number of carbonyl (C=O) groups is 2. The van der Waals surface area contributed by atoms with Gasteiger partial charge in [0, 0.05) is 46.5 Å². The Kier molecular flexibility index (Phi) is 5.91. The third-order valence-electron chi connectivity index (χ3n) is 6.00. The molecule has 168 valence electrons. The highest BCUT2D eigenvalue weighted by Gasteiger charge is 2.24. The number of nitrogens with one attached hydrogen (secondary N) is 1. The van der Waals surface area contributed by atoms with Gasteiger partial charge in [-0.25, -0.2) is 4.98 Å². The number of imidazole rings is 1. The molecule has 0 radical (unpaired) electrons. The average molecular weight is 479 g/mol. The highest BCUT2D eigenvalue weighted by molar-refractivity contribution is 7.15. The summed E-state index contributed by atoms with van der Waals surface area (Å²) >= 11 is 7.46. The third kappa shape index (κ3) is 4.51. The van der Waals surface area contributed by atoms with Crippen molar-refractivity contribution in [2.24, 2.45) is 5.92 Å². The van der Waals surface area contributed by atoms with Gasteiger partial charge < -0.3 is 10.2 Å². The molecule has 2 aromatic carbocycles. The Balaban J connectivity index is 1.37. The van der Waals surface area contributed by atoms with Crippen LogP contribution in [-0.2, 0) is 0 Å². The van der Waals surface area contributed by atoms with Crippen molar-refractivity contribution in [3.8, 4) is 11.3 Å². The Morgan fingerprint density at radius 1 is 1.12 bits per heavy atom. The maximum atomic E-state index is 13.1. The highest BCUT2D eigenvalue weighted by atomic mass is 35.5. The SMILES string of the molecule is CC1CCN(C(=O)c2csc3nc(-c4cccc(NC(=O)c5cccc(Cl)c5)c4)cn23)CC1. The van der Waals surface area contributed by atoms with Gasteiger partial charge in [0.05, 0.1) is 5.69 Å². The fourth-order valence-corrected chi connectivity index (χ4v) is 5.08. The number of likely N-dealkylation sites (tertiary alicyclic amines) is 1. The minimum atomic E-state index is -0.232. The van der Waals surface area contributed by atoms with Crippen LogP contribution < -0.4 is 5.32 Å². The number of rotatable bonds is 4. The van der Waals surface area contributed by atoms with E-state index in [0.717, 1.165) is 42.1 Å². The minimum Gasteiger partial charge on any atom is -0.337 e. The van der Waals surface area contributed by atoms with E-state index >= 15 is 0 Å². The van der Waals surface area contributed by atoms with Gasteiger partial charge in [0.1, 0.15) is 5.69 Å². The molecule has 0 spiro atoms. The van der Waals surface area contributed by atoms with Gasteiger partial charge in [-0.2, -0.15) is 0 Å². The number of piperidine rings is 1. The van der Waals surface area contributed by atoms with Crippen molar-refractivity contribution in [2.75, 3.05) is 18.4 Å². The van der Waals surface area contributed by atoms with E-state index in [1.807, 2.05) is 45.1 Å². The van der Waals surface area contributed by atoms with Crippen LogP contribution in [0.25, 0.3) is 16.2 Å². The molecule has 0 unspecified atom stereocenters. The third-order valence-corrected chi connectivity index (χ3v) is 7.08. The van der Waals surface area contributed by atoms with E-state index < -0.39 is 0 Å². The quantitative estimate of drug-likeness (QED) is 0.400. The lowest BCUT2D eigenvalue weighted by atomic mass is 9.99. The molecule has 33 heavy (non-hydrogen) atoms. The molecule has 5 rings (SSSR count). The molecule has 8 heteroatoms. The molecule has 2 amide bonds. The first-order valence-corrected chi connectivity index (χ1v) is 12.2. The van der Waals surface area contributed by atoms with Crippen molar-refractivity contribution in [3.05, 3.63) is 76.4 Å². The molecule has 2 aromatic heterocycles. The number of halogens is 1. The van der Waals surface area contributed by atoms with Crippen LogP contribution in [0.1, 0.15) is 40.6 Å². The number of thiazole rings is 1. The molecule has 1 aliphatic rings. The fourth-order valence-electron chi connectivity index (χ4n) is 4.04. The van der Waals surface area contributed by atoms with Gasteiger partial charge in [-0.05, 0) is 49.1 Å². The topological polar surface area (TPSA) is 66.7 Å². The summed E-state index contributed by atoms with van der Waals surface area (Å²) in [5.41, 5.74) is 3.41. The standard InChI is InChI=1S/C25H23ClN4O2S/c1-16-8-10-29(11-9-16)24(32)22-15-33-25-28-21(14-30(22)25)17-4-3-7-20(13-17)27-23(31)18-5-2-6-19(26)12-18/h2-7,12-16H,8-11H2,1H3,(H,27,31). The number of anilines is 1. The molecular weight excluding hydrogens is 456 g/mol. The number of nitrogens with zero attached hydrogens (tertiary/aromatic N) is 3. The predicted octanol–water partition coefficient (Wildman–Crippen LogP) is 5.84. The van der Waals surface area contributed by atoms with Crippen molar-refractivity contribution in [1.82, 2.24) is 14.3 Å². The Bertz CT molecular complexity index is 1340. The molecule has 3 heterocycles. The van der Waals surface area contributed by atoms with Gasteiger partial charge >= 0.3 is 0 Å². The van der Waals surface area contributed by atoms with Crippen LogP contribution in [0.4, 0.5) is 5.69 Å². The van der Waals surface area contributed by atoms with Crippen LogP contribution in [0.2, 0.25) is 5.02 Å². The van der Waals surface area contributed by atoms with Gasteiger partial charge in [0.25, 0.3) is 11.8 Å². The summed E-state index contributed by atoms with van der Waals surface area (Å²) in [6.07, 6.45) is 3.98. The average Bonchev–Trinajstić information content (AvgIpc) is 3.40. The largest absolute Gasteiger partial charge is 0.337 e. The summed E-state index contributed by atoms with van der Waals surface area (Å²) in [6, 6.07) is 14.3. The van der Waals surface area contributed by atoms with E-state index in [2.05, 4.69) is 12.2 Å². The van der Waals surface area contributed by atoms with E-state index in [0.29, 0.717) is 27.9 Å². The molecule has 0 aliphatic carbocycles. The molecule has 0 bridgehead atoms. The number of amides is 2. The second-order valence-electron chi connectivity index (χ2n) is 8.42. The lowest BCUT2D eigenvalue weighted by molar-refractivity contribution is 0.0690. The van der Waals surface area contributed by atoms with Crippen molar-refractivity contribution >= 4 is 45.4 Å². The van der Waals surface area contributed by atoms with Crippen molar-refractivity contribution in [2.45, 2.75) is 19.8 Å². The van der Waals surface area contributed by atoms with Crippen molar-refractivity contribution in [1.29, 1.82) is 0 Å². The van der Waals surface area contributed by atoms with Crippen molar-refractivity contribution < 1.29 is 9.59 Å². The van der Waals surface area contributed by atoms with Gasteiger partial charge in [-0.1, -0.05) is 36.7 Å². The van der Waals surface area contributed by atoms with E-state index in [9.17, 15) is 9.59 Å². The molecule has 1 aliphatic heterocycles. The number of hydrogen-bond donors (Lipinski definition) is 1. The monoisotopic (exact) mass is 478 g/mol. The molecular formula is C25H23ClN4O2S. The lowest BCUT2D eigenvalue weighted by Crippen LogP contribution is -2.38. The summed E-state index contributed by atoms with van der Waals surface area (Å²) in [4.78, 5) is 33.1. The maximum absolute atomic E-state index is 13.1. The highest BCUT2D eigenvalue weighted by Crippen LogP contribution is 2.27. The van der Waals surface area contributed by atoms with Crippen LogP contribution in [-0.4, -0.2) is 39.2 Å². The van der Waals surface area contributed by atoms with E-state index in [4.69, 9.17) is 16.6 Å². The Hall–Kier alpha value is -3.16. The first-order valence-electron chi connectivity index (χ1n) is 10.9. The zero-order valence-corrected chi connectivity index (χ0v) is 19.7. The number of aromatic nitrogens is 2. The second-order valence-corrected chi connectivity index (χ2v) is 9.69. The fraction of sp³-hybridized carbons (Fsp3) is 0.240. The van der Waals surface area contributed by atoms with Gasteiger partial charge in [0.15, 0.2) is 4.96 Å². The molecule has 0 atom stereocenters. The number of carbonyl (C=O) groups excluding carboxylic acids is 2. The molecule has 1 N–H and O–H groups in total. The van der Waals surface area contributed by atoms with Crippen LogP contribution in [0.15, 0.2) is 60.1 Å². The molecule has 4 aromatic rings. The van der Waals surface area contributed by atoms with Gasteiger partial charge in [-0.15, -0.1) is 11.3 Å². The number of hydrogen-bond acceptors (Lipinski definition) is 4. The van der Waals surface area contributed by atoms with Crippen molar-refractivity contribution in [3.63, 3.8) is 0 Å². The van der Waals surface area contributed by atoms with E-state index in [-0.39, 0.29) is 11.8 Å². The van der Waals surface area contributed by atoms with Gasteiger partial charge in [-0.3, -0.25) is 14.0 Å². The van der Waals surface area contributed by atoms with E-state index in [1.54, 1.807) is 24.3 Å². The van der Waals surface area contributed by atoms with Crippen LogP contribution >= 0.6 is 22.9 Å². The lowest BCUT2D eigenvalue weighted by Gasteiger charge is -2.30. The molecule has 6 nitrogen and oxygen atoms in total. The summed E-state index contributed by atoms with van der Waals surface area (Å²) in [5, 5.41) is 5.30. The number of fused-ring (bicyclic) bond motifs is 1. The van der Waals surface area contributed by atoms with Crippen LogP contribution in [0.3, 0.4) is 0 Å². The van der Waals surface area contributed by atoms with Crippen LogP contribution in [0.5, 0.6) is 0 Å². The Morgan fingerprint density at radius 2 is 1.91 bits per heavy atom. The molecule has 0 saturated carbocycles. The Morgan fingerprint density at radius 3 is 2.70 bits per heavy atom. The first kappa shape index (κ1) is 21.7. The summed E-state index contributed by atoms with van der Waals surface area (Å²) in [5.74, 6) is 0.492. The zero-order chi connectivity index (χ0) is 22.9. The van der Waals surface area contributed by atoms with Gasteiger partial charge in [0.2, 0.25) is 0 Å². The normalized spacial score (nSPS) is 14.5. The summed E-state index contributed by atoms with van der Waals surface area (Å²) < 4.78 is 1.87. The zero-order valence-electron chi connectivity index (χ0n) is 18.1. The first-order chi connectivity index (χ1) is 16.0. The Labute approximate surface area is 200 Å². The smallest absolute Gasteiger partial charge is 0.271 e. The van der Waals surface area contributed by atoms with E-state index in [1.165, 1.54) is 11.3 Å². The summed E-state index contributed by atoms with van der Waals surface area (Å²) in [7, 11) is 0. The molecule has 1 fully saturated rings. The predicted molar refractivity (Wildman–Crippen MR) is 132 cm³/mol. The number of benzene rings is 2.